The number of thiocarbonyl (C=S) groups is 1. The van der Waals surface area contributed by atoms with Crippen molar-refractivity contribution in [1.82, 2.24) is 10.7 Å². The Balaban J connectivity index is 2.15. The van der Waals surface area contributed by atoms with Crippen LogP contribution in [-0.4, -0.2) is 10.8 Å². The number of hydrazine groups is 1. The Morgan fingerprint density at radius 2 is 1.62 bits per heavy atom. The summed E-state index contributed by atoms with van der Waals surface area (Å²) in [5, 5.41) is 6.36. The molecule has 0 unspecified atom stereocenters. The molecule has 116 valence electrons. The molecule has 21 heavy (non-hydrogen) atoms. The van der Waals surface area contributed by atoms with E-state index in [0.29, 0.717) is 0 Å². The lowest BCUT2D eigenvalue weighted by atomic mass is 9.97. The third-order valence-corrected chi connectivity index (χ3v) is 4.37. The predicted octanol–water partition coefficient (Wildman–Crippen LogP) is 4.27. The van der Waals surface area contributed by atoms with Crippen molar-refractivity contribution >= 4 is 23.0 Å². The van der Waals surface area contributed by atoms with Gasteiger partial charge in [-0.1, -0.05) is 44.4 Å². The maximum atomic E-state index is 5.56. The highest BCUT2D eigenvalue weighted by Gasteiger charge is 2.39. The van der Waals surface area contributed by atoms with Crippen LogP contribution in [0, 0.1) is 6.92 Å². The summed E-state index contributed by atoms with van der Waals surface area (Å²) in [5.41, 5.74) is 5.93. The number of rotatable bonds is 7. The van der Waals surface area contributed by atoms with Crippen LogP contribution in [0.3, 0.4) is 0 Å². The summed E-state index contributed by atoms with van der Waals surface area (Å²) in [6.45, 7) is 6.57. The second-order valence-electron chi connectivity index (χ2n) is 6.00. The van der Waals surface area contributed by atoms with Crippen molar-refractivity contribution in [2.45, 2.75) is 65.0 Å². The van der Waals surface area contributed by atoms with Crippen molar-refractivity contribution in [2.24, 2.45) is 0 Å². The Morgan fingerprint density at radius 1 is 1.05 bits per heavy atom. The first-order chi connectivity index (χ1) is 10.1. The van der Waals surface area contributed by atoms with Crippen LogP contribution in [0.15, 0.2) is 24.3 Å². The van der Waals surface area contributed by atoms with Crippen molar-refractivity contribution in [3.8, 4) is 0 Å². The van der Waals surface area contributed by atoms with Gasteiger partial charge in [-0.25, -0.2) is 5.43 Å². The third-order valence-electron chi connectivity index (χ3n) is 4.08. The van der Waals surface area contributed by atoms with E-state index in [2.05, 4.69) is 55.8 Å². The first-order valence-corrected chi connectivity index (χ1v) is 8.48. The van der Waals surface area contributed by atoms with E-state index in [-0.39, 0.29) is 5.66 Å². The van der Waals surface area contributed by atoms with Gasteiger partial charge >= 0.3 is 0 Å². The van der Waals surface area contributed by atoms with Crippen molar-refractivity contribution in [3.05, 3.63) is 29.8 Å². The van der Waals surface area contributed by atoms with Crippen LogP contribution in [0.4, 0.5) is 5.69 Å². The van der Waals surface area contributed by atoms with Crippen molar-refractivity contribution < 1.29 is 0 Å². The lowest BCUT2D eigenvalue weighted by Gasteiger charge is -2.30. The molecule has 1 saturated heterocycles. The van der Waals surface area contributed by atoms with Gasteiger partial charge in [-0.2, -0.15) is 0 Å². The van der Waals surface area contributed by atoms with Gasteiger partial charge in [0.05, 0.1) is 5.69 Å². The zero-order valence-corrected chi connectivity index (χ0v) is 14.2. The van der Waals surface area contributed by atoms with E-state index < -0.39 is 0 Å². The molecule has 1 aliphatic heterocycles. The number of hydrogen-bond acceptors (Lipinski definition) is 2. The molecule has 1 aliphatic rings. The summed E-state index contributed by atoms with van der Waals surface area (Å²) < 4.78 is 0. The molecule has 0 spiro atoms. The Morgan fingerprint density at radius 3 is 2.14 bits per heavy atom. The standard InChI is InChI=1S/C17H27N3S/c1-4-6-12-17(13-7-5-2)18-16(21)20(19-17)15-10-8-14(3)9-11-15/h8-11,19H,4-7,12-13H2,1-3H3,(H,18,21). The van der Waals surface area contributed by atoms with Crippen LogP contribution in [0.5, 0.6) is 0 Å². The molecule has 0 aliphatic carbocycles. The van der Waals surface area contributed by atoms with Gasteiger partial charge in [0.1, 0.15) is 5.66 Å². The lowest BCUT2D eigenvalue weighted by molar-refractivity contribution is 0.276. The summed E-state index contributed by atoms with van der Waals surface area (Å²) in [7, 11) is 0. The number of nitrogens with zero attached hydrogens (tertiary/aromatic N) is 1. The largest absolute Gasteiger partial charge is 0.342 e. The van der Waals surface area contributed by atoms with E-state index >= 15 is 0 Å². The predicted molar refractivity (Wildman–Crippen MR) is 94.3 cm³/mol. The molecule has 3 nitrogen and oxygen atoms in total. The summed E-state index contributed by atoms with van der Waals surface area (Å²) in [5.74, 6) is 0. The molecule has 1 aromatic rings. The number of unbranched alkanes of at least 4 members (excludes halogenated alkanes) is 2. The van der Waals surface area contributed by atoms with E-state index in [1.807, 2.05) is 5.01 Å². The van der Waals surface area contributed by atoms with Crippen LogP contribution in [-0.2, 0) is 0 Å². The summed E-state index contributed by atoms with van der Waals surface area (Å²) in [6.07, 6.45) is 7.02. The molecule has 4 heteroatoms. The van der Waals surface area contributed by atoms with Crippen LogP contribution < -0.4 is 15.8 Å². The zero-order chi connectivity index (χ0) is 15.3. The Bertz CT molecular complexity index is 461. The van der Waals surface area contributed by atoms with Gasteiger partial charge in [-0.15, -0.1) is 0 Å². The molecule has 1 fully saturated rings. The molecule has 0 amide bonds. The van der Waals surface area contributed by atoms with Crippen LogP contribution in [0.2, 0.25) is 0 Å². The van der Waals surface area contributed by atoms with Gasteiger partial charge in [-0.05, 0) is 57.0 Å². The average molecular weight is 305 g/mol. The fourth-order valence-corrected chi connectivity index (χ4v) is 3.09. The maximum absolute atomic E-state index is 5.56. The normalized spacial score (nSPS) is 17.1. The fourth-order valence-electron chi connectivity index (χ4n) is 2.75. The van der Waals surface area contributed by atoms with Crippen LogP contribution in [0.1, 0.15) is 57.9 Å². The Kier molecular flexibility index (Phi) is 5.59. The maximum Gasteiger partial charge on any atom is 0.189 e. The second-order valence-corrected chi connectivity index (χ2v) is 6.39. The molecule has 0 atom stereocenters. The molecular weight excluding hydrogens is 278 g/mol. The number of nitrogens with one attached hydrogen (secondary N) is 2. The van der Waals surface area contributed by atoms with Gasteiger partial charge in [0.15, 0.2) is 5.11 Å². The highest BCUT2D eigenvalue weighted by Crippen LogP contribution is 2.27. The quantitative estimate of drug-likeness (QED) is 0.736. The summed E-state index contributed by atoms with van der Waals surface area (Å²) in [4.78, 5) is 0. The Hall–Kier alpha value is -1.13. The van der Waals surface area contributed by atoms with E-state index in [1.165, 1.54) is 31.2 Å². The average Bonchev–Trinajstić information content (AvgIpc) is 2.81. The highest BCUT2D eigenvalue weighted by molar-refractivity contribution is 7.80. The molecule has 0 aromatic heterocycles. The number of anilines is 1. The molecule has 1 heterocycles. The van der Waals surface area contributed by atoms with Gasteiger partial charge in [0.2, 0.25) is 0 Å². The molecule has 2 rings (SSSR count). The Labute approximate surface area is 134 Å². The van der Waals surface area contributed by atoms with Crippen LogP contribution >= 0.6 is 12.2 Å². The molecule has 2 N–H and O–H groups in total. The van der Waals surface area contributed by atoms with Gasteiger partial charge < -0.3 is 5.32 Å². The van der Waals surface area contributed by atoms with Crippen molar-refractivity contribution in [2.75, 3.05) is 5.01 Å². The summed E-state index contributed by atoms with van der Waals surface area (Å²) >= 11 is 5.56. The zero-order valence-electron chi connectivity index (χ0n) is 13.4. The lowest BCUT2D eigenvalue weighted by Crippen LogP contribution is -2.51. The van der Waals surface area contributed by atoms with E-state index in [1.54, 1.807) is 0 Å². The first-order valence-electron chi connectivity index (χ1n) is 8.07. The minimum Gasteiger partial charge on any atom is -0.342 e. The topological polar surface area (TPSA) is 27.3 Å². The second kappa shape index (κ2) is 7.23. The van der Waals surface area contributed by atoms with Gasteiger partial charge in [-0.3, -0.25) is 5.01 Å². The van der Waals surface area contributed by atoms with Gasteiger partial charge in [0.25, 0.3) is 0 Å². The van der Waals surface area contributed by atoms with Crippen molar-refractivity contribution in [1.29, 1.82) is 0 Å². The molecule has 0 bridgehead atoms. The van der Waals surface area contributed by atoms with E-state index in [0.717, 1.165) is 23.6 Å². The summed E-state index contributed by atoms with van der Waals surface area (Å²) in [6, 6.07) is 8.48. The third kappa shape index (κ3) is 3.95. The van der Waals surface area contributed by atoms with E-state index in [9.17, 15) is 0 Å². The van der Waals surface area contributed by atoms with E-state index in [4.69, 9.17) is 12.2 Å². The van der Waals surface area contributed by atoms with Crippen LogP contribution in [0.25, 0.3) is 0 Å². The minimum atomic E-state index is -0.0754. The monoisotopic (exact) mass is 305 g/mol. The number of benzene rings is 1. The SMILES string of the molecule is CCCCC1(CCCC)NC(=S)N(c2ccc(C)cc2)N1. The fraction of sp³-hybridized carbons (Fsp3) is 0.588. The van der Waals surface area contributed by atoms with Gasteiger partial charge in [0, 0.05) is 0 Å². The molecular formula is C17H27N3S. The smallest absolute Gasteiger partial charge is 0.189 e. The molecule has 0 radical (unpaired) electrons. The molecule has 1 aromatic carbocycles. The minimum absolute atomic E-state index is 0.0754. The van der Waals surface area contributed by atoms with Crippen molar-refractivity contribution in [3.63, 3.8) is 0 Å². The molecule has 0 saturated carbocycles. The first kappa shape index (κ1) is 16.2. The highest BCUT2D eigenvalue weighted by atomic mass is 32.1. The number of aryl methyl sites for hydroxylation is 1. The number of hydrogen-bond donors (Lipinski definition) is 2.